The van der Waals surface area contributed by atoms with E-state index in [1.807, 2.05) is 0 Å². The van der Waals surface area contributed by atoms with E-state index in [-0.39, 0.29) is 0 Å². The first kappa shape index (κ1) is 18.5. The van der Waals surface area contributed by atoms with E-state index in [1.54, 1.807) is 0 Å². The van der Waals surface area contributed by atoms with Gasteiger partial charge in [-0.2, -0.15) is 0 Å². The third-order valence-electron chi connectivity index (χ3n) is 6.12. The lowest BCUT2D eigenvalue weighted by molar-refractivity contribution is 0.0695. The van der Waals surface area contributed by atoms with Crippen LogP contribution in [0, 0.1) is 0 Å². The topological polar surface area (TPSA) is 70.2 Å². The Morgan fingerprint density at radius 2 is 1.45 bits per heavy atom. The summed E-state index contributed by atoms with van der Waals surface area (Å²) in [5, 5.41) is 8.57. The molecular formula is C19H13F6NO3. The maximum absolute atomic E-state index is 15.3. The Labute approximate surface area is 158 Å². The van der Waals surface area contributed by atoms with E-state index in [9.17, 15) is 22.8 Å². The van der Waals surface area contributed by atoms with Gasteiger partial charge in [0.1, 0.15) is 24.1 Å². The van der Waals surface area contributed by atoms with Crippen LogP contribution in [0.25, 0.3) is 10.9 Å². The molecule has 2 aromatic rings. The summed E-state index contributed by atoms with van der Waals surface area (Å²) in [6.45, 7) is 0. The molecule has 1 heterocycles. The molecule has 3 aliphatic carbocycles. The summed E-state index contributed by atoms with van der Waals surface area (Å²) in [7, 11) is 0. The Hall–Kier alpha value is -2.52. The van der Waals surface area contributed by atoms with Crippen molar-refractivity contribution in [2.45, 2.75) is 54.8 Å². The number of fused-ring (bicyclic) bond motifs is 1. The van der Waals surface area contributed by atoms with Gasteiger partial charge in [-0.05, 0) is 11.6 Å². The molecule has 0 aliphatic heterocycles. The van der Waals surface area contributed by atoms with E-state index < -0.39 is 99.3 Å². The summed E-state index contributed by atoms with van der Waals surface area (Å²) in [5.74, 6) is -1.64. The zero-order valence-electron chi connectivity index (χ0n) is 14.5. The lowest BCUT2D eigenvalue weighted by atomic mass is 9.85. The van der Waals surface area contributed by atoms with Crippen LogP contribution in [0.4, 0.5) is 26.3 Å². The quantitative estimate of drug-likeness (QED) is 0.741. The van der Waals surface area contributed by atoms with Gasteiger partial charge in [-0.1, -0.05) is 0 Å². The average molecular weight is 417 g/mol. The number of carbonyl (C=O) groups is 1. The molecule has 3 saturated carbocycles. The van der Waals surface area contributed by atoms with E-state index in [1.165, 1.54) is 0 Å². The number of rotatable bonds is 4. The molecule has 1 aromatic carbocycles. The molecule has 2 N–H and O–H groups in total. The van der Waals surface area contributed by atoms with Gasteiger partial charge in [0, 0.05) is 42.0 Å². The molecule has 6 atom stereocenters. The molecule has 0 saturated heterocycles. The fourth-order valence-corrected chi connectivity index (χ4v) is 4.10. The van der Waals surface area contributed by atoms with Crippen LogP contribution in [0.3, 0.4) is 0 Å². The lowest BCUT2D eigenvalue weighted by Gasteiger charge is -2.24. The average Bonchev–Trinajstić information content (AvgIpc) is 3.57. The molecule has 0 bridgehead atoms. The SMILES string of the molecule is O=C(O)c1c[nH]c2c([C@]3(F)C[C@@H]3F)c([C@]3(F)C[C@@H]3F)c([C@]3(F)C[C@@H]3F)cc2c1=O. The highest BCUT2D eigenvalue weighted by Gasteiger charge is 2.70. The Morgan fingerprint density at radius 3 is 1.90 bits per heavy atom. The summed E-state index contributed by atoms with van der Waals surface area (Å²) in [6, 6.07) is 0.740. The summed E-state index contributed by atoms with van der Waals surface area (Å²) in [6.07, 6.45) is -7.79. The van der Waals surface area contributed by atoms with Crippen molar-refractivity contribution >= 4 is 16.9 Å². The fraction of sp³-hybridized carbons (Fsp3) is 0.474. The van der Waals surface area contributed by atoms with Crippen molar-refractivity contribution in [1.29, 1.82) is 0 Å². The lowest BCUT2D eigenvalue weighted by Crippen LogP contribution is -2.24. The predicted octanol–water partition coefficient (Wildman–Crippen LogP) is 3.95. The molecule has 3 fully saturated rings. The van der Waals surface area contributed by atoms with Crippen LogP contribution in [0.2, 0.25) is 0 Å². The molecule has 0 amide bonds. The number of carboxylic acid groups (broad SMARTS) is 1. The molecule has 29 heavy (non-hydrogen) atoms. The van der Waals surface area contributed by atoms with Crippen molar-refractivity contribution in [3.05, 3.63) is 44.7 Å². The number of benzene rings is 1. The largest absolute Gasteiger partial charge is 0.477 e. The minimum Gasteiger partial charge on any atom is -0.477 e. The highest BCUT2D eigenvalue weighted by Crippen LogP contribution is 2.65. The highest BCUT2D eigenvalue weighted by atomic mass is 19.2. The van der Waals surface area contributed by atoms with Gasteiger partial charge >= 0.3 is 5.97 Å². The van der Waals surface area contributed by atoms with Gasteiger partial charge in [0.2, 0.25) is 5.43 Å². The second-order valence-corrected chi connectivity index (χ2v) is 8.04. The van der Waals surface area contributed by atoms with Crippen LogP contribution < -0.4 is 5.43 Å². The van der Waals surface area contributed by atoms with Crippen LogP contribution in [0.5, 0.6) is 0 Å². The van der Waals surface area contributed by atoms with Gasteiger partial charge in [0.25, 0.3) is 0 Å². The van der Waals surface area contributed by atoms with Crippen molar-refractivity contribution in [2.24, 2.45) is 0 Å². The second kappa shape index (κ2) is 5.14. The predicted molar refractivity (Wildman–Crippen MR) is 88.4 cm³/mol. The number of aromatic carboxylic acids is 1. The zero-order valence-corrected chi connectivity index (χ0v) is 14.5. The van der Waals surface area contributed by atoms with Crippen LogP contribution in [0.1, 0.15) is 46.3 Å². The Kier molecular flexibility index (Phi) is 3.28. The highest BCUT2D eigenvalue weighted by molar-refractivity contribution is 5.94. The van der Waals surface area contributed by atoms with Crippen LogP contribution in [-0.4, -0.2) is 34.6 Å². The number of H-pyrrole nitrogens is 1. The standard InChI is InChI=1S/C19H13F6NO3/c20-9-2-17(9,23)8-1-6-14(26-5-7(15(6)27)16(28)29)13(19(25)4-11(19)22)12(8)18(24)3-10(18)21/h1,5,9-11H,2-4H2,(H,26,27)(H,28,29)/t9-,10-,11-,17+,18-,19-/m0/s1. The van der Waals surface area contributed by atoms with Gasteiger partial charge in [-0.3, -0.25) is 4.79 Å². The number of aromatic nitrogens is 1. The number of pyridine rings is 1. The zero-order chi connectivity index (χ0) is 21.1. The Morgan fingerprint density at radius 1 is 0.966 bits per heavy atom. The maximum atomic E-state index is 15.3. The van der Waals surface area contributed by atoms with Crippen LogP contribution in [-0.2, 0) is 17.0 Å². The first-order chi connectivity index (χ1) is 13.4. The Balaban J connectivity index is 1.94. The molecule has 10 heteroatoms. The molecule has 0 spiro atoms. The fourth-order valence-electron chi connectivity index (χ4n) is 4.10. The first-order valence-corrected chi connectivity index (χ1v) is 8.91. The van der Waals surface area contributed by atoms with Crippen molar-refractivity contribution < 1.29 is 36.2 Å². The number of carboxylic acids is 1. The number of halogens is 6. The molecule has 154 valence electrons. The van der Waals surface area contributed by atoms with E-state index in [2.05, 4.69) is 4.98 Å². The van der Waals surface area contributed by atoms with Gasteiger partial charge in [0.05, 0.1) is 5.52 Å². The molecule has 4 nitrogen and oxygen atoms in total. The molecule has 3 aliphatic rings. The monoisotopic (exact) mass is 417 g/mol. The van der Waals surface area contributed by atoms with E-state index >= 15 is 13.2 Å². The van der Waals surface area contributed by atoms with Gasteiger partial charge in [-0.25, -0.2) is 31.1 Å². The summed E-state index contributed by atoms with van der Waals surface area (Å²) >= 11 is 0. The third kappa shape index (κ3) is 2.22. The molecule has 0 unspecified atom stereocenters. The van der Waals surface area contributed by atoms with Gasteiger partial charge < -0.3 is 10.1 Å². The normalized spacial score (nSPS) is 40.1. The summed E-state index contributed by atoms with van der Waals surface area (Å²) in [4.78, 5) is 26.2. The van der Waals surface area contributed by atoms with Gasteiger partial charge in [-0.15, -0.1) is 0 Å². The summed E-state index contributed by atoms with van der Waals surface area (Å²) in [5.41, 5.74) is -13.2. The third-order valence-corrected chi connectivity index (χ3v) is 6.12. The number of nitrogens with one attached hydrogen (secondary N) is 1. The number of hydrogen-bond acceptors (Lipinski definition) is 2. The van der Waals surface area contributed by atoms with E-state index in [0.717, 1.165) is 12.3 Å². The molecule has 5 rings (SSSR count). The van der Waals surface area contributed by atoms with Crippen LogP contribution >= 0.6 is 0 Å². The summed E-state index contributed by atoms with van der Waals surface area (Å²) < 4.78 is 87.2. The molecule has 1 aromatic heterocycles. The van der Waals surface area contributed by atoms with Crippen molar-refractivity contribution in [3.63, 3.8) is 0 Å². The van der Waals surface area contributed by atoms with Gasteiger partial charge in [0.15, 0.2) is 17.0 Å². The van der Waals surface area contributed by atoms with Crippen molar-refractivity contribution in [1.82, 2.24) is 4.98 Å². The molecule has 0 radical (unpaired) electrons. The van der Waals surface area contributed by atoms with E-state index in [0.29, 0.717) is 0 Å². The van der Waals surface area contributed by atoms with E-state index in [4.69, 9.17) is 5.11 Å². The van der Waals surface area contributed by atoms with Crippen molar-refractivity contribution in [3.8, 4) is 0 Å². The minimum absolute atomic E-state index is 0.447. The Bertz CT molecular complexity index is 1170. The number of aromatic amines is 1. The minimum atomic E-state index is -2.84. The van der Waals surface area contributed by atoms with Crippen molar-refractivity contribution in [2.75, 3.05) is 0 Å². The maximum Gasteiger partial charge on any atom is 0.341 e. The smallest absolute Gasteiger partial charge is 0.341 e. The second-order valence-electron chi connectivity index (χ2n) is 8.04. The molecular weight excluding hydrogens is 404 g/mol. The van der Waals surface area contributed by atoms with Crippen LogP contribution in [0.15, 0.2) is 17.1 Å². The number of hydrogen-bond donors (Lipinski definition) is 2. The first-order valence-electron chi connectivity index (χ1n) is 8.91. The number of alkyl halides is 6.